The van der Waals surface area contributed by atoms with Gasteiger partial charge in [-0.1, -0.05) is 0 Å². The van der Waals surface area contributed by atoms with Crippen LogP contribution in [0.4, 0.5) is 0 Å². The van der Waals surface area contributed by atoms with Crippen molar-refractivity contribution >= 4 is 5.91 Å². The van der Waals surface area contributed by atoms with E-state index in [-0.39, 0.29) is 11.9 Å². The van der Waals surface area contributed by atoms with Gasteiger partial charge in [0, 0.05) is 40.3 Å². The van der Waals surface area contributed by atoms with Crippen LogP contribution in [-0.4, -0.2) is 75.2 Å². The second-order valence-corrected chi connectivity index (χ2v) is 5.19. The molecule has 1 aliphatic rings. The van der Waals surface area contributed by atoms with Crippen molar-refractivity contribution in [2.75, 3.05) is 47.4 Å². The molecule has 1 N–H and O–H groups in total. The van der Waals surface area contributed by atoms with Gasteiger partial charge in [0.2, 0.25) is 5.91 Å². The van der Waals surface area contributed by atoms with Crippen LogP contribution < -0.4 is 5.32 Å². The van der Waals surface area contributed by atoms with Crippen LogP contribution in [0.3, 0.4) is 0 Å². The fraction of sp³-hybridized carbons (Fsp3) is 0.923. The average Bonchev–Trinajstić information content (AvgIpc) is 2.85. The van der Waals surface area contributed by atoms with Gasteiger partial charge < -0.3 is 15.0 Å². The van der Waals surface area contributed by atoms with Gasteiger partial charge in [-0.15, -0.1) is 0 Å². The molecule has 0 aromatic rings. The van der Waals surface area contributed by atoms with Crippen molar-refractivity contribution in [3.05, 3.63) is 0 Å². The first-order valence-electron chi connectivity index (χ1n) is 6.73. The maximum atomic E-state index is 12.0. The Kier molecular flexibility index (Phi) is 6.60. The zero-order chi connectivity index (χ0) is 13.5. The zero-order valence-corrected chi connectivity index (χ0v) is 12.1. The Balaban J connectivity index is 2.54. The molecule has 1 heterocycles. The summed E-state index contributed by atoms with van der Waals surface area (Å²) in [6.07, 6.45) is 2.44. The normalized spacial score (nSPS) is 21.3. The molecule has 1 rings (SSSR count). The van der Waals surface area contributed by atoms with Crippen molar-refractivity contribution in [3.63, 3.8) is 0 Å². The van der Waals surface area contributed by atoms with Gasteiger partial charge in [0.05, 0.1) is 12.6 Å². The fourth-order valence-corrected chi connectivity index (χ4v) is 2.38. The lowest BCUT2D eigenvalue weighted by molar-refractivity contribution is -0.134. The van der Waals surface area contributed by atoms with E-state index < -0.39 is 0 Å². The highest BCUT2D eigenvalue weighted by atomic mass is 16.5. The molecule has 0 bridgehead atoms. The van der Waals surface area contributed by atoms with Gasteiger partial charge in [-0.25, -0.2) is 0 Å². The van der Waals surface area contributed by atoms with E-state index >= 15 is 0 Å². The van der Waals surface area contributed by atoms with Crippen LogP contribution >= 0.6 is 0 Å². The Morgan fingerprint density at radius 3 is 2.72 bits per heavy atom. The molecule has 1 saturated heterocycles. The predicted molar refractivity (Wildman–Crippen MR) is 72.6 cm³/mol. The predicted octanol–water partition coefficient (Wildman–Crippen LogP) is 0.164. The summed E-state index contributed by atoms with van der Waals surface area (Å²) in [4.78, 5) is 15.9. The number of likely N-dealkylation sites (N-methyl/N-ethyl adjacent to an activating group) is 1. The van der Waals surface area contributed by atoms with Crippen LogP contribution in [0.25, 0.3) is 0 Å². The van der Waals surface area contributed by atoms with E-state index in [9.17, 15) is 4.79 Å². The highest BCUT2D eigenvalue weighted by molar-refractivity contribution is 5.80. The van der Waals surface area contributed by atoms with Gasteiger partial charge in [-0.05, 0) is 26.3 Å². The van der Waals surface area contributed by atoms with E-state index in [2.05, 4.69) is 10.2 Å². The first-order valence-corrected chi connectivity index (χ1v) is 6.73. The third-order valence-corrected chi connectivity index (χ3v) is 3.55. The van der Waals surface area contributed by atoms with Crippen molar-refractivity contribution < 1.29 is 9.53 Å². The van der Waals surface area contributed by atoms with Gasteiger partial charge in [-0.2, -0.15) is 0 Å². The van der Waals surface area contributed by atoms with Gasteiger partial charge in [-0.3, -0.25) is 9.69 Å². The van der Waals surface area contributed by atoms with Crippen molar-refractivity contribution in [2.45, 2.75) is 31.8 Å². The Hall–Kier alpha value is -0.650. The van der Waals surface area contributed by atoms with Crippen molar-refractivity contribution in [1.82, 2.24) is 15.1 Å². The summed E-state index contributed by atoms with van der Waals surface area (Å²) < 4.78 is 5.14. The van der Waals surface area contributed by atoms with Crippen molar-refractivity contribution in [2.24, 2.45) is 0 Å². The molecule has 1 aliphatic heterocycles. The van der Waals surface area contributed by atoms with Crippen molar-refractivity contribution in [1.29, 1.82) is 0 Å². The van der Waals surface area contributed by atoms with E-state index in [1.807, 2.05) is 6.92 Å². The third kappa shape index (κ3) is 4.55. The maximum absolute atomic E-state index is 12.0. The minimum Gasteiger partial charge on any atom is -0.383 e. The second kappa shape index (κ2) is 7.71. The Bertz CT molecular complexity index is 253. The molecule has 1 amide bonds. The topological polar surface area (TPSA) is 44.8 Å². The number of rotatable bonds is 7. The molecular formula is C13H27N3O2. The van der Waals surface area contributed by atoms with E-state index in [4.69, 9.17) is 4.74 Å². The van der Waals surface area contributed by atoms with Gasteiger partial charge in [0.1, 0.15) is 0 Å². The summed E-state index contributed by atoms with van der Waals surface area (Å²) in [6, 6.07) is 0.428. The van der Waals surface area contributed by atoms with E-state index in [0.29, 0.717) is 12.6 Å². The summed E-state index contributed by atoms with van der Waals surface area (Å²) in [5.41, 5.74) is 0. The maximum Gasteiger partial charge on any atom is 0.239 e. The molecule has 0 radical (unpaired) electrons. The molecule has 0 aliphatic carbocycles. The van der Waals surface area contributed by atoms with Gasteiger partial charge >= 0.3 is 0 Å². The van der Waals surface area contributed by atoms with Crippen LogP contribution in [-0.2, 0) is 9.53 Å². The standard InChI is InChI=1S/C13H27N3O2/c1-11(13(17)15(2)3)16(8-9-18-4)10-12-6-5-7-14-12/h11-12,14H,5-10H2,1-4H3. The highest BCUT2D eigenvalue weighted by Gasteiger charge is 2.26. The van der Waals surface area contributed by atoms with Crippen molar-refractivity contribution in [3.8, 4) is 0 Å². The third-order valence-electron chi connectivity index (χ3n) is 3.55. The van der Waals surface area contributed by atoms with E-state index in [0.717, 1.165) is 19.6 Å². The highest BCUT2D eigenvalue weighted by Crippen LogP contribution is 2.10. The van der Waals surface area contributed by atoms with E-state index in [1.54, 1.807) is 26.1 Å². The number of hydrogen-bond donors (Lipinski definition) is 1. The fourth-order valence-electron chi connectivity index (χ4n) is 2.38. The number of carbonyl (C=O) groups excluding carboxylic acids is 1. The number of methoxy groups -OCH3 is 1. The summed E-state index contributed by atoms with van der Waals surface area (Å²) in [5, 5.41) is 3.48. The molecule has 5 nitrogen and oxygen atoms in total. The summed E-state index contributed by atoms with van der Waals surface area (Å²) in [7, 11) is 5.31. The molecule has 0 spiro atoms. The SMILES string of the molecule is COCCN(CC1CCCN1)C(C)C(=O)N(C)C. The Labute approximate surface area is 110 Å². The second-order valence-electron chi connectivity index (χ2n) is 5.19. The molecule has 106 valence electrons. The number of ether oxygens (including phenoxy) is 1. The molecular weight excluding hydrogens is 230 g/mol. The smallest absolute Gasteiger partial charge is 0.239 e. The first-order chi connectivity index (χ1) is 8.56. The summed E-state index contributed by atoms with van der Waals surface area (Å²) in [5.74, 6) is 0.157. The van der Waals surface area contributed by atoms with Crippen LogP contribution in [0.15, 0.2) is 0 Å². The lowest BCUT2D eigenvalue weighted by Crippen LogP contribution is -2.49. The van der Waals surface area contributed by atoms with Crippen LogP contribution in [0.1, 0.15) is 19.8 Å². The molecule has 5 heteroatoms. The zero-order valence-electron chi connectivity index (χ0n) is 12.1. The monoisotopic (exact) mass is 257 g/mol. The first kappa shape index (κ1) is 15.4. The molecule has 0 saturated carbocycles. The Morgan fingerprint density at radius 2 is 2.22 bits per heavy atom. The minimum absolute atomic E-state index is 0.0856. The number of hydrogen-bond acceptors (Lipinski definition) is 4. The number of amides is 1. The quantitative estimate of drug-likeness (QED) is 0.706. The molecule has 0 aromatic carbocycles. The van der Waals surface area contributed by atoms with Crippen LogP contribution in [0.5, 0.6) is 0 Å². The van der Waals surface area contributed by atoms with E-state index in [1.165, 1.54) is 12.8 Å². The molecule has 1 fully saturated rings. The number of nitrogens with zero attached hydrogens (tertiary/aromatic N) is 2. The largest absolute Gasteiger partial charge is 0.383 e. The lowest BCUT2D eigenvalue weighted by atomic mass is 10.1. The van der Waals surface area contributed by atoms with Gasteiger partial charge in [0.15, 0.2) is 0 Å². The lowest BCUT2D eigenvalue weighted by Gasteiger charge is -2.31. The summed E-state index contributed by atoms with van der Waals surface area (Å²) >= 11 is 0. The molecule has 18 heavy (non-hydrogen) atoms. The molecule has 0 aromatic heterocycles. The molecule has 2 atom stereocenters. The van der Waals surface area contributed by atoms with Crippen LogP contribution in [0.2, 0.25) is 0 Å². The number of carbonyl (C=O) groups is 1. The minimum atomic E-state index is -0.0856. The van der Waals surface area contributed by atoms with Gasteiger partial charge in [0.25, 0.3) is 0 Å². The Morgan fingerprint density at radius 1 is 1.50 bits per heavy atom. The summed E-state index contributed by atoms with van der Waals surface area (Å²) in [6.45, 7) is 5.46. The van der Waals surface area contributed by atoms with Crippen LogP contribution in [0, 0.1) is 0 Å². The number of nitrogens with one attached hydrogen (secondary N) is 1. The average molecular weight is 257 g/mol. The molecule has 2 unspecified atom stereocenters.